The number of carbonyl (C=O) groups is 2. The Bertz CT molecular complexity index is 282. The highest BCUT2D eigenvalue weighted by molar-refractivity contribution is 5.80. The van der Waals surface area contributed by atoms with Gasteiger partial charge < -0.3 is 10.4 Å². The molecule has 0 aromatic heterocycles. The zero-order chi connectivity index (χ0) is 13.0. The zero-order valence-electron chi connectivity index (χ0n) is 10.9. The van der Waals surface area contributed by atoms with Crippen LogP contribution >= 0.6 is 0 Å². The Kier molecular flexibility index (Phi) is 4.97. The van der Waals surface area contributed by atoms with E-state index in [1.165, 1.54) is 0 Å². The van der Waals surface area contributed by atoms with E-state index in [0.29, 0.717) is 0 Å². The second-order valence-corrected chi connectivity index (χ2v) is 5.38. The Morgan fingerprint density at radius 2 is 1.71 bits per heavy atom. The van der Waals surface area contributed by atoms with Crippen molar-refractivity contribution >= 4 is 11.9 Å². The maximum absolute atomic E-state index is 11.9. The Labute approximate surface area is 103 Å². The second-order valence-electron chi connectivity index (χ2n) is 5.38. The minimum Gasteiger partial charge on any atom is -0.481 e. The van der Waals surface area contributed by atoms with Gasteiger partial charge in [-0.25, -0.2) is 0 Å². The van der Waals surface area contributed by atoms with Gasteiger partial charge >= 0.3 is 5.97 Å². The molecule has 0 bridgehead atoms. The molecule has 1 fully saturated rings. The summed E-state index contributed by atoms with van der Waals surface area (Å²) in [5, 5.41) is 11.7. The molecule has 0 aliphatic heterocycles. The van der Waals surface area contributed by atoms with E-state index in [2.05, 4.69) is 12.2 Å². The summed E-state index contributed by atoms with van der Waals surface area (Å²) in [6, 6.07) is -0.306. The van der Waals surface area contributed by atoms with Gasteiger partial charge in [0.15, 0.2) is 0 Å². The van der Waals surface area contributed by atoms with Gasteiger partial charge in [0.1, 0.15) is 0 Å². The highest BCUT2D eigenvalue weighted by Gasteiger charge is 2.27. The van der Waals surface area contributed by atoms with E-state index >= 15 is 0 Å². The third-order valence-electron chi connectivity index (χ3n) is 3.90. The normalized spacial score (nSPS) is 28.2. The number of hydrogen-bond donors (Lipinski definition) is 2. The van der Waals surface area contributed by atoms with Crippen LogP contribution in [0.2, 0.25) is 0 Å². The van der Waals surface area contributed by atoms with E-state index in [-0.39, 0.29) is 17.9 Å². The van der Waals surface area contributed by atoms with Gasteiger partial charge in [-0.1, -0.05) is 6.92 Å². The molecule has 1 aliphatic carbocycles. The number of carboxylic acid groups (broad SMARTS) is 1. The predicted molar refractivity (Wildman–Crippen MR) is 65.5 cm³/mol. The minimum absolute atomic E-state index is 0.0255. The fourth-order valence-electron chi connectivity index (χ4n) is 2.20. The lowest BCUT2D eigenvalue weighted by atomic mass is 9.82. The standard InChI is InChI=1S/C13H23NO3/c1-8-4-6-11(7-5-8)12(15)14-10(3)9(2)13(16)17/h8-11H,4-7H2,1-3H3,(H,14,15)(H,16,17). The van der Waals surface area contributed by atoms with E-state index < -0.39 is 11.9 Å². The number of rotatable bonds is 4. The van der Waals surface area contributed by atoms with E-state index in [9.17, 15) is 9.59 Å². The molecular formula is C13H23NO3. The lowest BCUT2D eigenvalue weighted by molar-refractivity contribution is -0.142. The second kappa shape index (κ2) is 6.03. The average molecular weight is 241 g/mol. The first-order chi connectivity index (χ1) is 7.91. The maximum atomic E-state index is 11.9. The van der Waals surface area contributed by atoms with Crippen molar-refractivity contribution in [2.24, 2.45) is 17.8 Å². The largest absolute Gasteiger partial charge is 0.481 e. The Balaban J connectivity index is 2.41. The highest BCUT2D eigenvalue weighted by Crippen LogP contribution is 2.28. The topological polar surface area (TPSA) is 66.4 Å². The van der Waals surface area contributed by atoms with Crippen molar-refractivity contribution in [2.45, 2.75) is 52.5 Å². The van der Waals surface area contributed by atoms with Crippen LogP contribution in [0.5, 0.6) is 0 Å². The van der Waals surface area contributed by atoms with Crippen LogP contribution in [0.25, 0.3) is 0 Å². The Hall–Kier alpha value is -1.06. The van der Waals surface area contributed by atoms with Crippen molar-refractivity contribution in [3.8, 4) is 0 Å². The van der Waals surface area contributed by atoms with Crippen LogP contribution in [0.15, 0.2) is 0 Å². The summed E-state index contributed by atoms with van der Waals surface area (Å²) >= 11 is 0. The zero-order valence-corrected chi connectivity index (χ0v) is 10.9. The minimum atomic E-state index is -0.866. The summed E-state index contributed by atoms with van der Waals surface area (Å²) in [4.78, 5) is 22.7. The number of nitrogens with one attached hydrogen (secondary N) is 1. The van der Waals surface area contributed by atoms with Crippen LogP contribution in [-0.4, -0.2) is 23.0 Å². The molecule has 0 aromatic rings. The van der Waals surface area contributed by atoms with E-state index in [4.69, 9.17) is 5.11 Å². The number of amides is 1. The summed E-state index contributed by atoms with van der Waals surface area (Å²) in [5.41, 5.74) is 0. The van der Waals surface area contributed by atoms with Crippen molar-refractivity contribution in [1.29, 1.82) is 0 Å². The molecule has 17 heavy (non-hydrogen) atoms. The first kappa shape index (κ1) is 14.0. The molecule has 1 rings (SSSR count). The Morgan fingerprint density at radius 3 is 2.18 bits per heavy atom. The van der Waals surface area contributed by atoms with Gasteiger partial charge in [0.25, 0.3) is 0 Å². The first-order valence-electron chi connectivity index (χ1n) is 6.45. The third-order valence-corrected chi connectivity index (χ3v) is 3.90. The summed E-state index contributed by atoms with van der Waals surface area (Å²) in [6.07, 6.45) is 4.06. The summed E-state index contributed by atoms with van der Waals surface area (Å²) in [5.74, 6) is -0.585. The van der Waals surface area contributed by atoms with Gasteiger partial charge in [0.2, 0.25) is 5.91 Å². The first-order valence-corrected chi connectivity index (χ1v) is 6.45. The van der Waals surface area contributed by atoms with Crippen molar-refractivity contribution in [1.82, 2.24) is 5.32 Å². The van der Waals surface area contributed by atoms with Gasteiger partial charge in [-0.2, -0.15) is 0 Å². The van der Waals surface area contributed by atoms with E-state index in [1.54, 1.807) is 13.8 Å². The molecule has 2 unspecified atom stereocenters. The monoisotopic (exact) mass is 241 g/mol. The van der Waals surface area contributed by atoms with Crippen LogP contribution < -0.4 is 5.32 Å². The lowest BCUT2D eigenvalue weighted by Crippen LogP contribution is -2.43. The van der Waals surface area contributed by atoms with Crippen LogP contribution in [0.1, 0.15) is 46.5 Å². The molecule has 0 spiro atoms. The van der Waals surface area contributed by atoms with Crippen LogP contribution in [0.4, 0.5) is 0 Å². The summed E-state index contributed by atoms with van der Waals surface area (Å²) in [6.45, 7) is 5.58. The molecule has 0 saturated heterocycles. The van der Waals surface area contributed by atoms with E-state index in [0.717, 1.165) is 31.6 Å². The molecule has 2 atom stereocenters. The fraction of sp³-hybridized carbons (Fsp3) is 0.846. The van der Waals surface area contributed by atoms with Crippen molar-refractivity contribution < 1.29 is 14.7 Å². The molecule has 4 nitrogen and oxygen atoms in total. The third kappa shape index (κ3) is 4.02. The molecular weight excluding hydrogens is 218 g/mol. The number of hydrogen-bond acceptors (Lipinski definition) is 2. The van der Waals surface area contributed by atoms with Gasteiger partial charge in [0, 0.05) is 12.0 Å². The van der Waals surface area contributed by atoms with Crippen LogP contribution in [0.3, 0.4) is 0 Å². The molecule has 0 heterocycles. The summed E-state index contributed by atoms with van der Waals surface area (Å²) in [7, 11) is 0. The van der Waals surface area contributed by atoms with Crippen LogP contribution in [0, 0.1) is 17.8 Å². The Morgan fingerprint density at radius 1 is 1.18 bits per heavy atom. The molecule has 4 heteroatoms. The highest BCUT2D eigenvalue weighted by atomic mass is 16.4. The maximum Gasteiger partial charge on any atom is 0.308 e. The number of carboxylic acids is 1. The van der Waals surface area contributed by atoms with Crippen molar-refractivity contribution in [3.05, 3.63) is 0 Å². The molecule has 0 radical (unpaired) electrons. The van der Waals surface area contributed by atoms with Crippen molar-refractivity contribution in [2.75, 3.05) is 0 Å². The summed E-state index contributed by atoms with van der Waals surface area (Å²) < 4.78 is 0. The molecule has 0 aromatic carbocycles. The molecule has 98 valence electrons. The average Bonchev–Trinajstić information content (AvgIpc) is 2.28. The number of aliphatic carboxylic acids is 1. The molecule has 2 N–H and O–H groups in total. The molecule has 1 amide bonds. The predicted octanol–water partition coefficient (Wildman–Crippen LogP) is 2.04. The van der Waals surface area contributed by atoms with E-state index in [1.807, 2.05) is 0 Å². The van der Waals surface area contributed by atoms with Crippen LogP contribution in [-0.2, 0) is 9.59 Å². The fourth-order valence-corrected chi connectivity index (χ4v) is 2.20. The van der Waals surface area contributed by atoms with Crippen molar-refractivity contribution in [3.63, 3.8) is 0 Å². The van der Waals surface area contributed by atoms with Gasteiger partial charge in [-0.05, 0) is 45.4 Å². The number of carbonyl (C=O) groups excluding carboxylic acids is 1. The van der Waals surface area contributed by atoms with Gasteiger partial charge in [0.05, 0.1) is 5.92 Å². The van der Waals surface area contributed by atoms with Gasteiger partial charge in [-0.15, -0.1) is 0 Å². The molecule has 1 aliphatic rings. The lowest BCUT2D eigenvalue weighted by Gasteiger charge is -2.27. The quantitative estimate of drug-likeness (QED) is 0.791. The van der Waals surface area contributed by atoms with Gasteiger partial charge in [-0.3, -0.25) is 9.59 Å². The SMILES string of the molecule is CC1CCC(C(=O)NC(C)C(C)C(=O)O)CC1. The smallest absolute Gasteiger partial charge is 0.308 e. The molecule has 1 saturated carbocycles.